The molecular formula is C23H29ClN2O3. The van der Waals surface area contributed by atoms with Crippen LogP contribution in [-0.2, 0) is 17.8 Å². The smallest absolute Gasteiger partial charge is 0.220 e. The van der Waals surface area contributed by atoms with Crippen molar-refractivity contribution in [3.63, 3.8) is 0 Å². The number of nitrogens with one attached hydrogen (secondary N) is 1. The van der Waals surface area contributed by atoms with Gasteiger partial charge in [0.05, 0.1) is 14.2 Å². The molecule has 5 nitrogen and oxygen atoms in total. The van der Waals surface area contributed by atoms with Gasteiger partial charge in [-0.15, -0.1) is 0 Å². The highest BCUT2D eigenvalue weighted by atomic mass is 35.5. The standard InChI is InChI=1S/C23H29ClN2O3/c1-28-21-11-7-17(14-22(21)29-2)8-12-23(27)25-20-4-3-13-26(16-20)15-18-5-9-19(24)10-6-18/h5-7,9-11,14,20H,3-4,8,12-13,15-16H2,1-2H3,(H,25,27)/t20-/m1/s1. The van der Waals surface area contributed by atoms with Crippen molar-refractivity contribution in [3.8, 4) is 11.5 Å². The number of halogens is 1. The molecule has 3 rings (SSSR count). The first kappa shape index (κ1) is 21.5. The van der Waals surface area contributed by atoms with Crippen LogP contribution in [0.5, 0.6) is 11.5 Å². The van der Waals surface area contributed by atoms with Gasteiger partial charge in [0.1, 0.15) is 0 Å². The fourth-order valence-corrected chi connectivity index (χ4v) is 3.88. The maximum Gasteiger partial charge on any atom is 0.220 e. The van der Waals surface area contributed by atoms with Crippen molar-refractivity contribution in [2.24, 2.45) is 0 Å². The molecule has 0 bridgehead atoms. The zero-order chi connectivity index (χ0) is 20.6. The second-order valence-corrected chi connectivity index (χ2v) is 7.89. The number of hydrogen-bond acceptors (Lipinski definition) is 4. The van der Waals surface area contributed by atoms with Crippen molar-refractivity contribution < 1.29 is 14.3 Å². The number of piperidine rings is 1. The van der Waals surface area contributed by atoms with Crippen molar-refractivity contribution in [1.82, 2.24) is 10.2 Å². The summed E-state index contributed by atoms with van der Waals surface area (Å²) in [6, 6.07) is 14.0. The summed E-state index contributed by atoms with van der Waals surface area (Å²) in [5.74, 6) is 1.48. The summed E-state index contributed by atoms with van der Waals surface area (Å²) in [4.78, 5) is 14.9. The molecule has 1 N–H and O–H groups in total. The Morgan fingerprint density at radius 2 is 1.83 bits per heavy atom. The Hall–Kier alpha value is -2.24. The van der Waals surface area contributed by atoms with Gasteiger partial charge in [-0.2, -0.15) is 0 Å². The van der Waals surface area contributed by atoms with Crippen LogP contribution in [0.4, 0.5) is 0 Å². The third-order valence-corrected chi connectivity index (χ3v) is 5.53. The maximum absolute atomic E-state index is 12.5. The molecule has 1 saturated heterocycles. The molecule has 0 spiro atoms. The Morgan fingerprint density at radius 1 is 1.10 bits per heavy atom. The van der Waals surface area contributed by atoms with Crippen LogP contribution >= 0.6 is 11.6 Å². The van der Waals surface area contributed by atoms with Gasteiger partial charge < -0.3 is 14.8 Å². The molecule has 0 saturated carbocycles. The average molecular weight is 417 g/mol. The summed E-state index contributed by atoms with van der Waals surface area (Å²) >= 11 is 5.97. The fourth-order valence-electron chi connectivity index (χ4n) is 3.76. The molecule has 1 amide bonds. The van der Waals surface area contributed by atoms with Crippen molar-refractivity contribution in [3.05, 3.63) is 58.6 Å². The van der Waals surface area contributed by atoms with E-state index in [0.717, 1.165) is 43.1 Å². The Balaban J connectivity index is 1.46. The summed E-state index contributed by atoms with van der Waals surface area (Å²) in [6.45, 7) is 2.82. The molecule has 6 heteroatoms. The lowest BCUT2D eigenvalue weighted by molar-refractivity contribution is -0.122. The third-order valence-electron chi connectivity index (χ3n) is 5.28. The maximum atomic E-state index is 12.5. The number of rotatable bonds is 8. The normalized spacial score (nSPS) is 17.0. The fraction of sp³-hybridized carbons (Fsp3) is 0.435. The van der Waals surface area contributed by atoms with Gasteiger partial charge in [-0.25, -0.2) is 0 Å². The monoisotopic (exact) mass is 416 g/mol. The van der Waals surface area contributed by atoms with Crippen LogP contribution in [0.3, 0.4) is 0 Å². The Labute approximate surface area is 177 Å². The second-order valence-electron chi connectivity index (χ2n) is 7.46. The number of likely N-dealkylation sites (tertiary alicyclic amines) is 1. The van der Waals surface area contributed by atoms with Gasteiger partial charge in [0.2, 0.25) is 5.91 Å². The van der Waals surface area contributed by atoms with E-state index >= 15 is 0 Å². The van der Waals surface area contributed by atoms with E-state index in [1.54, 1.807) is 14.2 Å². The van der Waals surface area contributed by atoms with Crippen LogP contribution in [0.25, 0.3) is 0 Å². The quantitative estimate of drug-likeness (QED) is 0.704. The van der Waals surface area contributed by atoms with Gasteiger partial charge >= 0.3 is 0 Å². The number of carbonyl (C=O) groups is 1. The molecule has 2 aromatic rings. The second kappa shape index (κ2) is 10.5. The molecule has 0 radical (unpaired) electrons. The number of nitrogens with zero attached hydrogens (tertiary/aromatic N) is 1. The molecule has 1 aliphatic rings. The van der Waals surface area contributed by atoms with E-state index in [-0.39, 0.29) is 11.9 Å². The minimum atomic E-state index is 0.0955. The van der Waals surface area contributed by atoms with Crippen LogP contribution in [0.1, 0.15) is 30.4 Å². The van der Waals surface area contributed by atoms with E-state index in [0.29, 0.717) is 24.3 Å². The van der Waals surface area contributed by atoms with Crippen LogP contribution < -0.4 is 14.8 Å². The minimum Gasteiger partial charge on any atom is -0.493 e. The van der Waals surface area contributed by atoms with E-state index in [1.807, 2.05) is 30.3 Å². The molecule has 156 valence electrons. The number of amides is 1. The minimum absolute atomic E-state index is 0.0955. The molecule has 2 aromatic carbocycles. The third kappa shape index (κ3) is 6.38. The SMILES string of the molecule is COc1ccc(CCC(=O)N[C@@H]2CCCN(Cc3ccc(Cl)cc3)C2)cc1OC. The number of methoxy groups -OCH3 is 2. The molecule has 1 fully saturated rings. The summed E-state index contributed by atoms with van der Waals surface area (Å²) in [5.41, 5.74) is 2.31. The first-order valence-corrected chi connectivity index (χ1v) is 10.4. The summed E-state index contributed by atoms with van der Waals surface area (Å²) in [7, 11) is 3.23. The molecule has 0 aromatic heterocycles. The molecule has 1 atom stereocenters. The van der Waals surface area contributed by atoms with E-state index in [2.05, 4.69) is 22.3 Å². The summed E-state index contributed by atoms with van der Waals surface area (Å²) < 4.78 is 10.6. The van der Waals surface area contributed by atoms with Gasteiger partial charge in [0, 0.05) is 30.6 Å². The molecule has 1 aliphatic heterocycles. The highest BCUT2D eigenvalue weighted by Crippen LogP contribution is 2.28. The lowest BCUT2D eigenvalue weighted by Gasteiger charge is -2.33. The zero-order valence-electron chi connectivity index (χ0n) is 17.1. The van der Waals surface area contributed by atoms with Gasteiger partial charge in [-0.1, -0.05) is 29.8 Å². The van der Waals surface area contributed by atoms with Crippen molar-refractivity contribution in [1.29, 1.82) is 0 Å². The lowest BCUT2D eigenvalue weighted by atomic mass is 10.0. The number of aryl methyl sites for hydroxylation is 1. The number of hydrogen-bond donors (Lipinski definition) is 1. The predicted octanol–water partition coefficient (Wildman–Crippen LogP) is 4.07. The summed E-state index contributed by atoms with van der Waals surface area (Å²) in [6.07, 6.45) is 3.25. The van der Waals surface area contributed by atoms with Crippen LogP contribution in [0, 0.1) is 0 Å². The molecule has 29 heavy (non-hydrogen) atoms. The first-order valence-electron chi connectivity index (χ1n) is 10.0. The number of ether oxygens (including phenoxy) is 2. The highest BCUT2D eigenvalue weighted by molar-refractivity contribution is 6.30. The topological polar surface area (TPSA) is 50.8 Å². The van der Waals surface area contributed by atoms with Crippen molar-refractivity contribution in [2.45, 2.75) is 38.3 Å². The van der Waals surface area contributed by atoms with Gasteiger partial charge in [-0.3, -0.25) is 9.69 Å². The molecule has 0 aliphatic carbocycles. The Morgan fingerprint density at radius 3 is 2.55 bits per heavy atom. The van der Waals surface area contributed by atoms with Gasteiger partial charge in [0.15, 0.2) is 11.5 Å². The average Bonchev–Trinajstić information content (AvgIpc) is 2.74. The van der Waals surface area contributed by atoms with E-state index in [9.17, 15) is 4.79 Å². The highest BCUT2D eigenvalue weighted by Gasteiger charge is 2.21. The molecule has 0 unspecified atom stereocenters. The largest absolute Gasteiger partial charge is 0.493 e. The van der Waals surface area contributed by atoms with E-state index in [4.69, 9.17) is 21.1 Å². The zero-order valence-corrected chi connectivity index (χ0v) is 17.9. The van der Waals surface area contributed by atoms with Crippen LogP contribution in [0.2, 0.25) is 5.02 Å². The molecule has 1 heterocycles. The summed E-state index contributed by atoms with van der Waals surface area (Å²) in [5, 5.41) is 3.96. The van der Waals surface area contributed by atoms with E-state index in [1.165, 1.54) is 5.56 Å². The first-order chi connectivity index (χ1) is 14.1. The predicted molar refractivity (Wildman–Crippen MR) is 116 cm³/mol. The van der Waals surface area contributed by atoms with Crippen LogP contribution in [0.15, 0.2) is 42.5 Å². The van der Waals surface area contributed by atoms with Crippen LogP contribution in [-0.4, -0.2) is 44.2 Å². The van der Waals surface area contributed by atoms with E-state index < -0.39 is 0 Å². The number of carbonyl (C=O) groups excluding carboxylic acids is 1. The van der Waals surface area contributed by atoms with Crippen molar-refractivity contribution in [2.75, 3.05) is 27.3 Å². The van der Waals surface area contributed by atoms with Gasteiger partial charge in [0.25, 0.3) is 0 Å². The Bertz CT molecular complexity index is 810. The Kier molecular flexibility index (Phi) is 7.78. The van der Waals surface area contributed by atoms with Crippen molar-refractivity contribution >= 4 is 17.5 Å². The number of benzene rings is 2. The van der Waals surface area contributed by atoms with Gasteiger partial charge in [-0.05, 0) is 61.2 Å². The lowest BCUT2D eigenvalue weighted by Crippen LogP contribution is -2.47. The molecular weight excluding hydrogens is 388 g/mol.